The Labute approximate surface area is 158 Å². The first-order chi connectivity index (χ1) is 13.1. The molecule has 0 bridgehead atoms. The maximum absolute atomic E-state index is 12.6. The lowest BCUT2D eigenvalue weighted by Gasteiger charge is -2.05. The van der Waals surface area contributed by atoms with Gasteiger partial charge in [0.1, 0.15) is 0 Å². The highest BCUT2D eigenvalue weighted by atomic mass is 16.2. The van der Waals surface area contributed by atoms with Crippen LogP contribution >= 0.6 is 0 Å². The molecule has 0 saturated heterocycles. The van der Waals surface area contributed by atoms with Crippen molar-refractivity contribution in [2.45, 2.75) is 13.8 Å². The molecule has 1 aromatic heterocycles. The van der Waals surface area contributed by atoms with Gasteiger partial charge in [0, 0.05) is 5.56 Å². The number of rotatable bonds is 4. The molecule has 1 N–H and O–H groups in total. The number of carbonyl (C=O) groups is 2. The normalized spacial score (nSPS) is 10.0. The minimum absolute atomic E-state index is 0.102. The van der Waals surface area contributed by atoms with Crippen LogP contribution in [0.15, 0.2) is 60.7 Å². The van der Waals surface area contributed by atoms with Crippen molar-refractivity contribution in [3.05, 3.63) is 83.2 Å². The molecule has 0 aliphatic carbocycles. The summed E-state index contributed by atoms with van der Waals surface area (Å²) in [4.78, 5) is 24.8. The van der Waals surface area contributed by atoms with E-state index in [1.54, 1.807) is 18.5 Å². The summed E-state index contributed by atoms with van der Waals surface area (Å²) in [5, 5.41) is 6.96. The van der Waals surface area contributed by atoms with Crippen molar-refractivity contribution in [3.63, 3.8) is 0 Å². The van der Waals surface area contributed by atoms with Gasteiger partial charge in [-0.05, 0) is 38.1 Å². The molecule has 0 unspecified atom stereocenters. The second kappa shape index (κ2) is 8.15. The van der Waals surface area contributed by atoms with Gasteiger partial charge in [0.15, 0.2) is 0 Å². The minimum atomic E-state index is -0.684. The number of para-hydroxylation sites is 1. The van der Waals surface area contributed by atoms with Gasteiger partial charge in [0.2, 0.25) is 0 Å². The molecule has 5 heteroatoms. The van der Waals surface area contributed by atoms with Gasteiger partial charge in [0.25, 0.3) is 11.7 Å². The lowest BCUT2D eigenvalue weighted by atomic mass is 10.1. The molecule has 1 heterocycles. The van der Waals surface area contributed by atoms with Gasteiger partial charge >= 0.3 is 0 Å². The number of Topliss-reactive ketones (excluding diaryl/α,β-unsaturated/α-hetero) is 1. The third-order valence-corrected chi connectivity index (χ3v) is 4.07. The third-order valence-electron chi connectivity index (χ3n) is 4.07. The molecule has 0 radical (unpaired) electrons. The average Bonchev–Trinajstić information content (AvgIpc) is 3.00. The highest BCUT2D eigenvalue weighted by Crippen LogP contribution is 2.18. The van der Waals surface area contributed by atoms with Gasteiger partial charge in [-0.2, -0.15) is 5.10 Å². The van der Waals surface area contributed by atoms with Crippen molar-refractivity contribution in [3.8, 4) is 17.5 Å². The van der Waals surface area contributed by atoms with E-state index in [1.165, 1.54) is 0 Å². The summed E-state index contributed by atoms with van der Waals surface area (Å²) in [7, 11) is 0. The number of aryl methyl sites for hydroxylation is 1. The van der Waals surface area contributed by atoms with E-state index in [0.29, 0.717) is 17.0 Å². The lowest BCUT2D eigenvalue weighted by molar-refractivity contribution is -0.116. The first-order valence-electron chi connectivity index (χ1n) is 8.56. The molecule has 5 nitrogen and oxygen atoms in total. The van der Waals surface area contributed by atoms with Gasteiger partial charge in [-0.25, -0.2) is 4.68 Å². The summed E-state index contributed by atoms with van der Waals surface area (Å²) in [5.41, 5.74) is 3.17. The number of nitrogens with zero attached hydrogens (tertiary/aromatic N) is 2. The molecule has 27 heavy (non-hydrogen) atoms. The molecular weight excluding hydrogens is 338 g/mol. The van der Waals surface area contributed by atoms with Crippen molar-refractivity contribution in [2.75, 3.05) is 6.54 Å². The number of aromatic nitrogens is 2. The Morgan fingerprint density at radius 2 is 1.63 bits per heavy atom. The van der Waals surface area contributed by atoms with Crippen LogP contribution < -0.4 is 5.32 Å². The van der Waals surface area contributed by atoms with Crippen LogP contribution in [0.5, 0.6) is 0 Å². The van der Waals surface area contributed by atoms with Crippen LogP contribution in [-0.4, -0.2) is 28.0 Å². The number of amides is 1. The number of hydrogen-bond acceptors (Lipinski definition) is 3. The fourth-order valence-corrected chi connectivity index (χ4v) is 2.78. The summed E-state index contributed by atoms with van der Waals surface area (Å²) >= 11 is 0. The van der Waals surface area contributed by atoms with Crippen LogP contribution in [0, 0.1) is 25.7 Å². The van der Waals surface area contributed by atoms with E-state index >= 15 is 0 Å². The highest BCUT2D eigenvalue weighted by Gasteiger charge is 2.24. The van der Waals surface area contributed by atoms with E-state index in [-0.39, 0.29) is 6.54 Å². The second-order valence-corrected chi connectivity index (χ2v) is 5.97. The summed E-state index contributed by atoms with van der Waals surface area (Å²) < 4.78 is 1.67. The van der Waals surface area contributed by atoms with Crippen LogP contribution in [0.1, 0.15) is 27.3 Å². The van der Waals surface area contributed by atoms with Crippen molar-refractivity contribution in [1.29, 1.82) is 0 Å². The fraction of sp³-hybridized carbons (Fsp3) is 0.136. The zero-order valence-electron chi connectivity index (χ0n) is 15.2. The van der Waals surface area contributed by atoms with Crippen LogP contribution in [-0.2, 0) is 4.79 Å². The predicted octanol–water partition coefficient (Wildman–Crippen LogP) is 2.84. The zero-order chi connectivity index (χ0) is 19.2. The second-order valence-electron chi connectivity index (χ2n) is 5.97. The fourth-order valence-electron chi connectivity index (χ4n) is 2.78. The Balaban J connectivity index is 1.71. The van der Waals surface area contributed by atoms with E-state index in [1.807, 2.05) is 60.7 Å². The van der Waals surface area contributed by atoms with Crippen LogP contribution in [0.25, 0.3) is 5.69 Å². The maximum Gasteiger partial charge on any atom is 0.293 e. The van der Waals surface area contributed by atoms with Crippen LogP contribution in [0.2, 0.25) is 0 Å². The van der Waals surface area contributed by atoms with Gasteiger partial charge < -0.3 is 5.32 Å². The van der Waals surface area contributed by atoms with E-state index in [2.05, 4.69) is 22.3 Å². The van der Waals surface area contributed by atoms with E-state index in [0.717, 1.165) is 11.3 Å². The highest BCUT2D eigenvalue weighted by molar-refractivity contribution is 6.43. The molecule has 0 aliphatic rings. The molecule has 0 saturated carbocycles. The Morgan fingerprint density at radius 3 is 2.30 bits per heavy atom. The van der Waals surface area contributed by atoms with Gasteiger partial charge in [-0.1, -0.05) is 48.2 Å². The number of carbonyl (C=O) groups excluding carboxylic acids is 2. The van der Waals surface area contributed by atoms with Crippen molar-refractivity contribution in [2.24, 2.45) is 0 Å². The van der Waals surface area contributed by atoms with E-state index in [4.69, 9.17) is 0 Å². The Morgan fingerprint density at radius 1 is 1.00 bits per heavy atom. The Kier molecular flexibility index (Phi) is 5.48. The Hall–Kier alpha value is -3.65. The van der Waals surface area contributed by atoms with Gasteiger partial charge in [-0.15, -0.1) is 0 Å². The Bertz CT molecular complexity index is 1030. The molecule has 1 amide bonds. The quantitative estimate of drug-likeness (QED) is 0.444. The monoisotopic (exact) mass is 357 g/mol. The summed E-state index contributed by atoms with van der Waals surface area (Å²) in [5.74, 6) is 4.49. The molecule has 0 atom stereocenters. The summed E-state index contributed by atoms with van der Waals surface area (Å²) in [6, 6.07) is 18.9. The molecule has 0 fully saturated rings. The van der Waals surface area contributed by atoms with Crippen molar-refractivity contribution >= 4 is 11.7 Å². The summed E-state index contributed by atoms with van der Waals surface area (Å²) in [6.07, 6.45) is 0. The smallest absolute Gasteiger partial charge is 0.293 e. The van der Waals surface area contributed by atoms with E-state index < -0.39 is 11.7 Å². The lowest BCUT2D eigenvalue weighted by Crippen LogP contribution is -2.32. The third kappa shape index (κ3) is 4.13. The maximum atomic E-state index is 12.6. The molecule has 134 valence electrons. The first-order valence-corrected chi connectivity index (χ1v) is 8.56. The van der Waals surface area contributed by atoms with Crippen molar-refractivity contribution < 1.29 is 9.59 Å². The molecule has 3 rings (SSSR count). The molecular formula is C22H19N3O2. The number of benzene rings is 2. The molecule has 0 spiro atoms. The van der Waals surface area contributed by atoms with Crippen LogP contribution in [0.3, 0.4) is 0 Å². The van der Waals surface area contributed by atoms with Gasteiger partial charge in [0.05, 0.1) is 29.2 Å². The predicted molar refractivity (Wildman–Crippen MR) is 104 cm³/mol. The largest absolute Gasteiger partial charge is 0.338 e. The van der Waals surface area contributed by atoms with Crippen molar-refractivity contribution in [1.82, 2.24) is 15.1 Å². The molecule has 3 aromatic rings. The number of ketones is 1. The number of nitrogens with one attached hydrogen (secondary N) is 1. The standard InChI is InChI=1S/C22H19N3O2/c1-16-20(17(2)25(24-16)19-13-7-4-8-14-19)21(26)22(27)23-15-9-12-18-10-5-3-6-11-18/h3-8,10-11,13-14H,15H2,1-2H3,(H,23,27). The van der Waals surface area contributed by atoms with Crippen LogP contribution in [0.4, 0.5) is 0 Å². The first kappa shape index (κ1) is 18.2. The zero-order valence-corrected chi connectivity index (χ0v) is 15.2. The molecule has 2 aromatic carbocycles. The topological polar surface area (TPSA) is 64.0 Å². The average molecular weight is 357 g/mol. The molecule has 0 aliphatic heterocycles. The SMILES string of the molecule is Cc1nn(-c2ccccc2)c(C)c1C(=O)C(=O)NCC#Cc1ccccc1. The summed E-state index contributed by atoms with van der Waals surface area (Å²) in [6.45, 7) is 3.61. The van der Waals surface area contributed by atoms with E-state index in [9.17, 15) is 9.59 Å². The minimum Gasteiger partial charge on any atom is -0.338 e. The van der Waals surface area contributed by atoms with Gasteiger partial charge in [-0.3, -0.25) is 9.59 Å². The number of hydrogen-bond donors (Lipinski definition) is 1.